The number of thioether (sulfide) groups is 1. The average molecular weight is 239 g/mol. The van der Waals surface area contributed by atoms with Gasteiger partial charge >= 0.3 is 0 Å². The molecule has 1 aromatic heterocycles. The molecular weight excluding hydrogens is 222 g/mol. The van der Waals surface area contributed by atoms with Crippen molar-refractivity contribution in [3.8, 4) is 11.8 Å². The van der Waals surface area contributed by atoms with Crippen LogP contribution in [0.1, 0.15) is 30.2 Å². The Kier molecular flexibility index (Phi) is 6.58. The van der Waals surface area contributed by atoms with Gasteiger partial charge in [0.25, 0.3) is 0 Å². The number of hydrogen-bond donors (Lipinski definition) is 1. The van der Waals surface area contributed by atoms with E-state index in [2.05, 4.69) is 30.2 Å². The fourth-order valence-electron chi connectivity index (χ4n) is 1.09. The van der Waals surface area contributed by atoms with E-state index in [9.17, 15) is 0 Å². The summed E-state index contributed by atoms with van der Waals surface area (Å²) in [7, 11) is 0. The van der Waals surface area contributed by atoms with E-state index in [0.717, 1.165) is 11.3 Å². The molecule has 0 aromatic carbocycles. The first kappa shape index (κ1) is 12.6. The fraction of sp³-hybridized carbons (Fsp3) is 0.500. The average Bonchev–Trinajstić information content (AvgIpc) is 2.69. The van der Waals surface area contributed by atoms with Crippen LogP contribution in [-0.4, -0.2) is 12.3 Å². The van der Waals surface area contributed by atoms with Crippen molar-refractivity contribution >= 4 is 23.1 Å². The van der Waals surface area contributed by atoms with Gasteiger partial charge in [-0.25, -0.2) is 0 Å². The molecule has 0 bridgehead atoms. The van der Waals surface area contributed by atoms with Crippen LogP contribution in [0.4, 0.5) is 0 Å². The van der Waals surface area contributed by atoms with Gasteiger partial charge in [-0.15, -0.1) is 11.3 Å². The minimum atomic E-state index is 0.441. The molecule has 0 unspecified atom stereocenters. The van der Waals surface area contributed by atoms with Gasteiger partial charge in [0, 0.05) is 21.6 Å². The Morgan fingerprint density at radius 3 is 3.13 bits per heavy atom. The van der Waals surface area contributed by atoms with Crippen LogP contribution < -0.4 is 5.73 Å². The zero-order valence-corrected chi connectivity index (χ0v) is 10.7. The van der Waals surface area contributed by atoms with Crippen LogP contribution in [0.25, 0.3) is 0 Å². The summed E-state index contributed by atoms with van der Waals surface area (Å²) in [4.78, 5) is 1.41. The zero-order valence-electron chi connectivity index (χ0n) is 9.08. The van der Waals surface area contributed by atoms with Crippen LogP contribution in [0.15, 0.2) is 11.4 Å². The van der Waals surface area contributed by atoms with E-state index >= 15 is 0 Å². The molecule has 2 N–H and O–H groups in total. The van der Waals surface area contributed by atoms with Crippen LogP contribution in [0, 0.1) is 11.8 Å². The lowest BCUT2D eigenvalue weighted by molar-refractivity contribution is 0.896. The summed E-state index contributed by atoms with van der Waals surface area (Å²) in [5.74, 6) is 8.31. The van der Waals surface area contributed by atoms with Crippen LogP contribution >= 0.6 is 23.1 Å². The highest BCUT2D eigenvalue weighted by Crippen LogP contribution is 2.20. The Bertz CT molecular complexity index is 333. The Hall–Kier alpha value is -0.430. The summed E-state index contributed by atoms with van der Waals surface area (Å²) in [5, 5.41) is 2.11. The maximum absolute atomic E-state index is 5.32. The summed E-state index contributed by atoms with van der Waals surface area (Å²) in [6.45, 7) is 2.67. The van der Waals surface area contributed by atoms with Crippen molar-refractivity contribution in [1.82, 2.24) is 0 Å². The van der Waals surface area contributed by atoms with Gasteiger partial charge in [-0.05, 0) is 18.2 Å². The van der Waals surface area contributed by atoms with Gasteiger partial charge in [0.15, 0.2) is 0 Å². The normalized spacial score (nSPS) is 9.73. The fourth-order valence-corrected chi connectivity index (χ4v) is 3.14. The molecule has 0 saturated carbocycles. The van der Waals surface area contributed by atoms with Crippen LogP contribution in [0.5, 0.6) is 0 Å². The van der Waals surface area contributed by atoms with E-state index in [0.29, 0.717) is 6.54 Å². The maximum atomic E-state index is 5.32. The highest BCUT2D eigenvalue weighted by Gasteiger charge is 1.97. The number of rotatable bonds is 5. The van der Waals surface area contributed by atoms with Gasteiger partial charge in [-0.2, -0.15) is 11.8 Å². The number of nitrogens with two attached hydrogens (primary N) is 1. The summed E-state index contributed by atoms with van der Waals surface area (Å²) in [5.41, 5.74) is 6.43. The van der Waals surface area contributed by atoms with Crippen molar-refractivity contribution in [2.45, 2.75) is 25.5 Å². The highest BCUT2D eigenvalue weighted by molar-refractivity contribution is 7.98. The van der Waals surface area contributed by atoms with Gasteiger partial charge in [-0.1, -0.05) is 25.2 Å². The van der Waals surface area contributed by atoms with Crippen molar-refractivity contribution in [1.29, 1.82) is 0 Å². The van der Waals surface area contributed by atoms with Crippen LogP contribution in [0.2, 0.25) is 0 Å². The molecule has 1 aromatic rings. The van der Waals surface area contributed by atoms with Gasteiger partial charge in [0.1, 0.15) is 0 Å². The smallest absolute Gasteiger partial charge is 0.0555 e. The molecule has 1 heterocycles. The molecule has 0 spiro atoms. The summed E-state index contributed by atoms with van der Waals surface area (Å²) >= 11 is 3.80. The van der Waals surface area contributed by atoms with Gasteiger partial charge in [-0.3, -0.25) is 0 Å². The van der Waals surface area contributed by atoms with E-state index in [1.54, 1.807) is 11.3 Å². The van der Waals surface area contributed by atoms with Crippen LogP contribution in [-0.2, 0) is 5.75 Å². The third-order valence-corrected chi connectivity index (χ3v) is 4.09. The molecule has 0 fully saturated rings. The highest BCUT2D eigenvalue weighted by atomic mass is 32.2. The minimum Gasteiger partial charge on any atom is -0.320 e. The molecule has 0 aliphatic carbocycles. The first-order valence-electron chi connectivity index (χ1n) is 5.21. The molecule has 82 valence electrons. The molecule has 0 aliphatic heterocycles. The number of unbranched alkanes of at least 4 members (excludes halogenated alkanes) is 1. The quantitative estimate of drug-likeness (QED) is 0.631. The first-order valence-corrected chi connectivity index (χ1v) is 7.24. The van der Waals surface area contributed by atoms with Crippen LogP contribution in [0.3, 0.4) is 0 Å². The Morgan fingerprint density at radius 2 is 2.40 bits per heavy atom. The third-order valence-electron chi connectivity index (χ3n) is 1.88. The number of thiophene rings is 1. The predicted molar refractivity (Wildman–Crippen MR) is 71.3 cm³/mol. The molecular formula is C12H17NS2. The topological polar surface area (TPSA) is 26.0 Å². The molecule has 3 heteroatoms. The molecule has 1 rings (SSSR count). The molecule has 0 aliphatic rings. The van der Waals surface area contributed by atoms with E-state index in [4.69, 9.17) is 5.73 Å². The molecule has 0 radical (unpaired) electrons. The molecule has 0 saturated heterocycles. The summed E-state index contributed by atoms with van der Waals surface area (Å²) in [6.07, 6.45) is 2.60. The van der Waals surface area contributed by atoms with Crippen molar-refractivity contribution in [2.75, 3.05) is 12.3 Å². The van der Waals surface area contributed by atoms with E-state index in [1.807, 2.05) is 11.8 Å². The second-order valence-corrected chi connectivity index (χ2v) is 5.31. The standard InChI is InChI=1S/C12H17NS2/c1-2-3-7-14-10-12-8-11(9-15-12)5-4-6-13/h8-9H,2-3,6-7,10,13H2,1H3. The van der Waals surface area contributed by atoms with Crippen molar-refractivity contribution in [3.05, 3.63) is 21.9 Å². The molecule has 0 atom stereocenters. The van der Waals surface area contributed by atoms with Crippen molar-refractivity contribution in [2.24, 2.45) is 5.73 Å². The lowest BCUT2D eigenvalue weighted by Gasteiger charge is -1.96. The first-order chi connectivity index (χ1) is 7.36. The maximum Gasteiger partial charge on any atom is 0.0555 e. The Morgan fingerprint density at radius 1 is 1.53 bits per heavy atom. The van der Waals surface area contributed by atoms with Gasteiger partial charge in [0.2, 0.25) is 0 Å². The number of hydrogen-bond acceptors (Lipinski definition) is 3. The zero-order chi connectivity index (χ0) is 10.9. The van der Waals surface area contributed by atoms with E-state index < -0.39 is 0 Å². The molecule has 0 amide bonds. The van der Waals surface area contributed by atoms with E-state index in [-0.39, 0.29) is 0 Å². The van der Waals surface area contributed by atoms with Crippen molar-refractivity contribution in [3.63, 3.8) is 0 Å². The van der Waals surface area contributed by atoms with Gasteiger partial charge < -0.3 is 5.73 Å². The SMILES string of the molecule is CCCCSCc1cc(C#CCN)cs1. The second kappa shape index (κ2) is 7.81. The third kappa shape index (κ3) is 5.27. The lowest BCUT2D eigenvalue weighted by Crippen LogP contribution is -1.92. The monoisotopic (exact) mass is 239 g/mol. The minimum absolute atomic E-state index is 0.441. The van der Waals surface area contributed by atoms with Gasteiger partial charge in [0.05, 0.1) is 6.54 Å². The molecule has 1 nitrogen and oxygen atoms in total. The lowest BCUT2D eigenvalue weighted by atomic mass is 10.3. The Labute approximate surface area is 100 Å². The second-order valence-electron chi connectivity index (χ2n) is 3.21. The largest absolute Gasteiger partial charge is 0.320 e. The van der Waals surface area contributed by atoms with Crippen molar-refractivity contribution < 1.29 is 0 Å². The van der Waals surface area contributed by atoms with E-state index in [1.165, 1.54) is 23.5 Å². The summed E-state index contributed by atoms with van der Waals surface area (Å²) in [6, 6.07) is 2.17. The summed E-state index contributed by atoms with van der Waals surface area (Å²) < 4.78 is 0. The predicted octanol–water partition coefficient (Wildman–Crippen LogP) is 3.09. The Balaban J connectivity index is 2.33. The molecule has 15 heavy (non-hydrogen) atoms.